The van der Waals surface area contributed by atoms with Crippen molar-refractivity contribution in [1.29, 1.82) is 0 Å². The zero-order chi connectivity index (χ0) is 19.2. The van der Waals surface area contributed by atoms with Gasteiger partial charge in [-0.3, -0.25) is 4.79 Å². The Hall–Kier alpha value is -2.04. The lowest BCUT2D eigenvalue weighted by molar-refractivity contribution is -0.134. The number of hydrogen-bond acceptors (Lipinski definition) is 4. The van der Waals surface area contributed by atoms with Crippen LogP contribution in [0.25, 0.3) is 0 Å². The highest BCUT2D eigenvalue weighted by Gasteiger charge is 2.51. The normalized spacial score (nSPS) is 32.0. The molecular weight excluding hydrogens is 340 g/mol. The molecule has 1 atom stereocenters. The number of carbonyl (C=O) groups excluding carboxylic acids is 2. The van der Waals surface area contributed by atoms with Gasteiger partial charge in [-0.2, -0.15) is 0 Å². The quantitative estimate of drug-likeness (QED) is 0.807. The van der Waals surface area contributed by atoms with Crippen LogP contribution in [0.4, 0.5) is 5.69 Å². The summed E-state index contributed by atoms with van der Waals surface area (Å²) in [6.07, 6.45) is 6.51. The Morgan fingerprint density at radius 1 is 1.04 bits per heavy atom. The van der Waals surface area contributed by atoms with E-state index >= 15 is 0 Å². The SMILES string of the molecule is C[C@@H](OC(=O)c1ccc(N(C)C)cc1)C(=O)NC12CC3CC(CC(C3)C1)C2. The van der Waals surface area contributed by atoms with Crippen molar-refractivity contribution in [3.8, 4) is 0 Å². The average molecular weight is 370 g/mol. The molecule has 0 unspecified atom stereocenters. The second kappa shape index (κ2) is 6.84. The number of nitrogens with zero attached hydrogens (tertiary/aromatic N) is 1. The molecule has 146 valence electrons. The van der Waals surface area contributed by atoms with E-state index in [0.717, 1.165) is 42.7 Å². The minimum absolute atomic E-state index is 0.0557. The minimum Gasteiger partial charge on any atom is -0.449 e. The Labute approximate surface area is 161 Å². The van der Waals surface area contributed by atoms with E-state index in [1.165, 1.54) is 19.3 Å². The Kier molecular flexibility index (Phi) is 4.65. The Bertz CT molecular complexity index is 690. The maximum Gasteiger partial charge on any atom is 0.338 e. The maximum atomic E-state index is 12.7. The van der Waals surface area contributed by atoms with Crippen LogP contribution in [0.15, 0.2) is 24.3 Å². The van der Waals surface area contributed by atoms with Crippen molar-refractivity contribution in [3.05, 3.63) is 29.8 Å². The Morgan fingerprint density at radius 2 is 1.56 bits per heavy atom. The molecule has 4 saturated carbocycles. The molecule has 1 aromatic carbocycles. The van der Waals surface area contributed by atoms with Crippen molar-refractivity contribution in [2.24, 2.45) is 17.8 Å². The van der Waals surface area contributed by atoms with Gasteiger partial charge >= 0.3 is 5.97 Å². The molecule has 4 fully saturated rings. The zero-order valence-electron chi connectivity index (χ0n) is 16.5. The van der Waals surface area contributed by atoms with Crippen LogP contribution < -0.4 is 10.2 Å². The second-order valence-corrected chi connectivity index (χ2v) is 9.18. The maximum absolute atomic E-state index is 12.7. The topological polar surface area (TPSA) is 58.6 Å². The van der Waals surface area contributed by atoms with E-state index in [-0.39, 0.29) is 11.4 Å². The first-order chi connectivity index (χ1) is 12.8. The van der Waals surface area contributed by atoms with Gasteiger partial charge in [0, 0.05) is 25.3 Å². The number of carbonyl (C=O) groups is 2. The summed E-state index contributed by atoms with van der Waals surface area (Å²) in [6.45, 7) is 1.67. The number of rotatable bonds is 5. The van der Waals surface area contributed by atoms with Crippen LogP contribution in [0.1, 0.15) is 55.8 Å². The number of nitrogens with one attached hydrogen (secondary N) is 1. The summed E-state index contributed by atoms with van der Waals surface area (Å²) in [5.41, 5.74) is 1.43. The summed E-state index contributed by atoms with van der Waals surface area (Å²) in [7, 11) is 3.90. The average Bonchev–Trinajstić information content (AvgIpc) is 2.60. The minimum atomic E-state index is -0.779. The molecule has 4 bridgehead atoms. The Balaban J connectivity index is 1.36. The van der Waals surface area contributed by atoms with Crippen LogP contribution in [0.3, 0.4) is 0 Å². The van der Waals surface area contributed by atoms with Crippen LogP contribution >= 0.6 is 0 Å². The fraction of sp³-hybridized carbons (Fsp3) is 0.636. The van der Waals surface area contributed by atoms with Crippen molar-refractivity contribution in [2.45, 2.75) is 57.1 Å². The first kappa shape index (κ1) is 18.3. The van der Waals surface area contributed by atoms with E-state index in [1.54, 1.807) is 19.1 Å². The van der Waals surface area contributed by atoms with Crippen molar-refractivity contribution in [2.75, 3.05) is 19.0 Å². The van der Waals surface area contributed by atoms with E-state index < -0.39 is 12.1 Å². The summed E-state index contributed by atoms with van der Waals surface area (Å²) in [4.78, 5) is 27.1. The Morgan fingerprint density at radius 3 is 2.04 bits per heavy atom. The predicted octanol–water partition coefficient (Wildman–Crippen LogP) is 3.38. The van der Waals surface area contributed by atoms with Gasteiger partial charge in [-0.25, -0.2) is 4.79 Å². The standard InChI is InChI=1S/C22H30N2O3/c1-14(27-21(26)18-4-6-19(7-5-18)24(2)3)20(25)23-22-11-15-8-16(12-22)10-17(9-15)13-22/h4-7,14-17H,8-13H2,1-3H3,(H,23,25)/t14-,15?,16?,17?,22?/m1/s1. The molecule has 5 heteroatoms. The van der Waals surface area contributed by atoms with Crippen LogP contribution in [0.5, 0.6) is 0 Å². The van der Waals surface area contributed by atoms with Crippen molar-refractivity contribution in [1.82, 2.24) is 5.32 Å². The molecule has 0 spiro atoms. The molecule has 0 saturated heterocycles. The number of ether oxygens (including phenoxy) is 1. The molecule has 4 aliphatic carbocycles. The first-order valence-corrected chi connectivity index (χ1v) is 10.1. The molecule has 1 N–H and O–H groups in total. The summed E-state index contributed by atoms with van der Waals surface area (Å²) in [5.74, 6) is 1.70. The highest BCUT2D eigenvalue weighted by molar-refractivity contribution is 5.92. The van der Waals surface area contributed by atoms with Gasteiger partial charge in [0.05, 0.1) is 5.56 Å². The largest absolute Gasteiger partial charge is 0.449 e. The third kappa shape index (κ3) is 3.69. The second-order valence-electron chi connectivity index (χ2n) is 9.18. The van der Waals surface area contributed by atoms with Crippen LogP contribution in [0, 0.1) is 17.8 Å². The van der Waals surface area contributed by atoms with Crippen molar-refractivity contribution < 1.29 is 14.3 Å². The fourth-order valence-electron chi connectivity index (χ4n) is 5.80. The zero-order valence-corrected chi connectivity index (χ0v) is 16.5. The summed E-state index contributed by atoms with van der Waals surface area (Å²) >= 11 is 0. The van der Waals surface area contributed by atoms with E-state index in [0.29, 0.717) is 5.56 Å². The lowest BCUT2D eigenvalue weighted by Crippen LogP contribution is -2.61. The highest BCUT2D eigenvalue weighted by Crippen LogP contribution is 2.55. The number of anilines is 1. The molecule has 0 aromatic heterocycles. The number of hydrogen-bond donors (Lipinski definition) is 1. The van der Waals surface area contributed by atoms with Crippen molar-refractivity contribution in [3.63, 3.8) is 0 Å². The predicted molar refractivity (Wildman–Crippen MR) is 105 cm³/mol. The molecule has 5 nitrogen and oxygen atoms in total. The van der Waals surface area contributed by atoms with Gasteiger partial charge in [-0.05, 0) is 87.5 Å². The third-order valence-electron chi connectivity index (χ3n) is 6.70. The number of amides is 1. The summed E-state index contributed by atoms with van der Waals surface area (Å²) in [6, 6.07) is 7.22. The third-order valence-corrected chi connectivity index (χ3v) is 6.70. The van der Waals surface area contributed by atoms with E-state index in [1.807, 2.05) is 31.1 Å². The van der Waals surface area contributed by atoms with Gasteiger partial charge in [0.25, 0.3) is 5.91 Å². The molecule has 0 aliphatic heterocycles. The fourth-order valence-corrected chi connectivity index (χ4v) is 5.80. The summed E-state index contributed by atoms with van der Waals surface area (Å²) in [5, 5.41) is 3.28. The number of benzene rings is 1. The molecule has 0 radical (unpaired) electrons. The molecule has 5 rings (SSSR count). The van der Waals surface area contributed by atoms with E-state index in [4.69, 9.17) is 4.74 Å². The lowest BCUT2D eigenvalue weighted by atomic mass is 9.53. The van der Waals surface area contributed by atoms with Crippen molar-refractivity contribution >= 4 is 17.6 Å². The van der Waals surface area contributed by atoms with Crippen LogP contribution in [0.2, 0.25) is 0 Å². The van der Waals surface area contributed by atoms with Crippen LogP contribution in [-0.2, 0) is 9.53 Å². The van der Waals surface area contributed by atoms with E-state index in [2.05, 4.69) is 5.32 Å². The van der Waals surface area contributed by atoms with Gasteiger partial charge in [-0.15, -0.1) is 0 Å². The molecule has 1 aromatic rings. The molecule has 27 heavy (non-hydrogen) atoms. The van der Waals surface area contributed by atoms with Gasteiger partial charge < -0.3 is 15.0 Å². The highest BCUT2D eigenvalue weighted by atomic mass is 16.5. The van der Waals surface area contributed by atoms with Gasteiger partial charge in [0.2, 0.25) is 0 Å². The van der Waals surface area contributed by atoms with E-state index in [9.17, 15) is 9.59 Å². The number of esters is 1. The molecular formula is C22H30N2O3. The van der Waals surface area contributed by atoms with Gasteiger partial charge in [0.15, 0.2) is 6.10 Å². The van der Waals surface area contributed by atoms with Gasteiger partial charge in [-0.1, -0.05) is 0 Å². The molecule has 1 amide bonds. The first-order valence-electron chi connectivity index (χ1n) is 10.1. The smallest absolute Gasteiger partial charge is 0.338 e. The van der Waals surface area contributed by atoms with Crippen LogP contribution in [-0.4, -0.2) is 37.6 Å². The molecule has 0 heterocycles. The van der Waals surface area contributed by atoms with Gasteiger partial charge in [0.1, 0.15) is 0 Å². The molecule has 4 aliphatic rings. The lowest BCUT2D eigenvalue weighted by Gasteiger charge is -2.57. The summed E-state index contributed by atoms with van der Waals surface area (Å²) < 4.78 is 5.45. The monoisotopic (exact) mass is 370 g/mol.